The Morgan fingerprint density at radius 2 is 2.29 bits per heavy atom. The van der Waals surface area contributed by atoms with Gasteiger partial charge >= 0.3 is 5.97 Å². The second kappa shape index (κ2) is 2.98. The van der Waals surface area contributed by atoms with Crippen LogP contribution in [0.4, 0.5) is 5.95 Å². The fourth-order valence-electron chi connectivity index (χ4n) is 1.27. The smallest absolute Gasteiger partial charge is 0.339 e. The number of nitrogens with one attached hydrogen (secondary N) is 1. The highest BCUT2D eigenvalue weighted by Crippen LogP contribution is 2.25. The first kappa shape index (κ1) is 9.01. The number of nitrogen functional groups attached to an aromatic ring is 1. The number of hydrogen-bond donors (Lipinski definition) is 3. The minimum absolute atomic E-state index is 0.121. The van der Waals surface area contributed by atoms with Gasteiger partial charge in [-0.25, -0.2) is 9.78 Å². The first-order valence-corrected chi connectivity index (χ1v) is 4.56. The maximum Gasteiger partial charge on any atom is 0.339 e. The number of carboxylic acid groups (broad SMARTS) is 1. The first-order valence-electron chi connectivity index (χ1n) is 3.76. The van der Waals surface area contributed by atoms with Gasteiger partial charge in [-0.3, -0.25) is 0 Å². The third kappa shape index (κ3) is 1.24. The molecule has 0 spiro atoms. The molecule has 6 heteroatoms. The summed E-state index contributed by atoms with van der Waals surface area (Å²) in [5.74, 6) is -0.824. The second-order valence-electron chi connectivity index (χ2n) is 2.75. The van der Waals surface area contributed by atoms with Crippen molar-refractivity contribution in [2.45, 2.75) is 0 Å². The highest BCUT2D eigenvalue weighted by atomic mass is 79.9. The fourth-order valence-corrected chi connectivity index (χ4v) is 1.76. The Morgan fingerprint density at radius 1 is 1.57 bits per heavy atom. The SMILES string of the molecule is Nc1nc2c(C(=O)O)c(Br)ccc2[nH]1. The van der Waals surface area contributed by atoms with Crippen LogP contribution in [0.1, 0.15) is 10.4 Å². The number of aromatic amines is 1. The Hall–Kier alpha value is -1.56. The van der Waals surface area contributed by atoms with E-state index in [0.717, 1.165) is 0 Å². The summed E-state index contributed by atoms with van der Waals surface area (Å²) in [5, 5.41) is 8.95. The molecule has 5 nitrogen and oxygen atoms in total. The van der Waals surface area contributed by atoms with Crippen molar-refractivity contribution < 1.29 is 9.90 Å². The van der Waals surface area contributed by atoms with Crippen molar-refractivity contribution in [3.63, 3.8) is 0 Å². The molecule has 0 saturated heterocycles. The minimum Gasteiger partial charge on any atom is -0.478 e. The third-order valence-corrected chi connectivity index (χ3v) is 2.50. The van der Waals surface area contributed by atoms with Crippen LogP contribution in [0.15, 0.2) is 16.6 Å². The topological polar surface area (TPSA) is 92.0 Å². The maximum atomic E-state index is 10.9. The van der Waals surface area contributed by atoms with E-state index in [4.69, 9.17) is 10.8 Å². The van der Waals surface area contributed by atoms with E-state index in [9.17, 15) is 4.79 Å². The van der Waals surface area contributed by atoms with E-state index < -0.39 is 5.97 Å². The Labute approximate surface area is 87.1 Å². The lowest BCUT2D eigenvalue weighted by atomic mass is 10.2. The molecule has 4 N–H and O–H groups in total. The number of rotatable bonds is 1. The lowest BCUT2D eigenvalue weighted by molar-refractivity contribution is 0.0698. The van der Waals surface area contributed by atoms with Crippen molar-refractivity contribution in [2.75, 3.05) is 5.73 Å². The van der Waals surface area contributed by atoms with E-state index in [1.54, 1.807) is 12.1 Å². The Kier molecular flexibility index (Phi) is 1.92. The van der Waals surface area contributed by atoms with E-state index in [0.29, 0.717) is 15.5 Å². The van der Waals surface area contributed by atoms with Crippen LogP contribution in [0, 0.1) is 0 Å². The number of carboxylic acids is 1. The summed E-state index contributed by atoms with van der Waals surface area (Å²) in [4.78, 5) is 17.6. The van der Waals surface area contributed by atoms with Gasteiger partial charge in [0.25, 0.3) is 0 Å². The summed E-state index contributed by atoms with van der Waals surface area (Å²) < 4.78 is 0.490. The summed E-state index contributed by atoms with van der Waals surface area (Å²) >= 11 is 3.15. The highest BCUT2D eigenvalue weighted by Gasteiger charge is 2.15. The van der Waals surface area contributed by atoms with Crippen LogP contribution in [-0.2, 0) is 0 Å². The summed E-state index contributed by atoms with van der Waals surface area (Å²) in [5.41, 5.74) is 6.53. The molecule has 0 radical (unpaired) electrons. The molecular formula is C8H6BrN3O2. The summed E-state index contributed by atoms with van der Waals surface area (Å²) in [6.45, 7) is 0. The van der Waals surface area contributed by atoms with Crippen LogP contribution < -0.4 is 5.73 Å². The molecule has 14 heavy (non-hydrogen) atoms. The van der Waals surface area contributed by atoms with E-state index in [2.05, 4.69) is 25.9 Å². The molecule has 72 valence electrons. The predicted octanol–water partition coefficient (Wildman–Crippen LogP) is 1.61. The van der Waals surface area contributed by atoms with E-state index in [1.807, 2.05) is 0 Å². The maximum absolute atomic E-state index is 10.9. The highest BCUT2D eigenvalue weighted by molar-refractivity contribution is 9.10. The second-order valence-corrected chi connectivity index (χ2v) is 3.60. The van der Waals surface area contributed by atoms with Gasteiger partial charge in [0, 0.05) is 4.47 Å². The molecule has 1 aromatic carbocycles. The quantitative estimate of drug-likeness (QED) is 0.722. The Balaban J connectivity index is 2.88. The normalized spacial score (nSPS) is 10.6. The average molecular weight is 256 g/mol. The van der Waals surface area contributed by atoms with Gasteiger partial charge < -0.3 is 15.8 Å². The molecule has 0 unspecified atom stereocenters. The molecule has 0 aliphatic heterocycles. The molecule has 0 aliphatic rings. The molecule has 0 atom stereocenters. The molecule has 0 saturated carbocycles. The van der Waals surface area contributed by atoms with E-state index in [1.165, 1.54) is 0 Å². The van der Waals surface area contributed by atoms with Crippen molar-refractivity contribution in [3.8, 4) is 0 Å². The number of fused-ring (bicyclic) bond motifs is 1. The van der Waals surface area contributed by atoms with Crippen LogP contribution in [0.25, 0.3) is 11.0 Å². The fraction of sp³-hybridized carbons (Fsp3) is 0. The van der Waals surface area contributed by atoms with Crippen LogP contribution in [0.3, 0.4) is 0 Å². The van der Waals surface area contributed by atoms with Crippen molar-refractivity contribution in [3.05, 3.63) is 22.2 Å². The van der Waals surface area contributed by atoms with Crippen LogP contribution in [-0.4, -0.2) is 21.0 Å². The average Bonchev–Trinajstić information content (AvgIpc) is 2.43. The number of benzene rings is 1. The molecular weight excluding hydrogens is 250 g/mol. The number of nitrogens with zero attached hydrogens (tertiary/aromatic N) is 1. The zero-order valence-electron chi connectivity index (χ0n) is 6.91. The van der Waals surface area contributed by atoms with Gasteiger partial charge in [0.1, 0.15) is 11.1 Å². The van der Waals surface area contributed by atoms with E-state index in [-0.39, 0.29) is 11.5 Å². The molecule has 0 bridgehead atoms. The van der Waals surface area contributed by atoms with Crippen molar-refractivity contribution >= 4 is 38.9 Å². The number of H-pyrrole nitrogens is 1. The van der Waals surface area contributed by atoms with Crippen molar-refractivity contribution in [1.82, 2.24) is 9.97 Å². The van der Waals surface area contributed by atoms with E-state index >= 15 is 0 Å². The monoisotopic (exact) mass is 255 g/mol. The summed E-state index contributed by atoms with van der Waals surface area (Å²) in [7, 11) is 0. The lowest BCUT2D eigenvalue weighted by Crippen LogP contribution is -1.99. The Bertz CT molecular complexity index is 521. The number of carbonyl (C=O) groups is 1. The number of hydrogen-bond acceptors (Lipinski definition) is 3. The minimum atomic E-state index is -1.03. The van der Waals surface area contributed by atoms with Gasteiger partial charge in [-0.1, -0.05) is 0 Å². The summed E-state index contributed by atoms with van der Waals surface area (Å²) in [6.07, 6.45) is 0. The molecule has 1 heterocycles. The van der Waals surface area contributed by atoms with Crippen LogP contribution in [0.2, 0.25) is 0 Å². The lowest BCUT2D eigenvalue weighted by Gasteiger charge is -1.98. The van der Waals surface area contributed by atoms with Gasteiger partial charge in [0.2, 0.25) is 0 Å². The zero-order chi connectivity index (χ0) is 10.3. The summed E-state index contributed by atoms with van der Waals surface area (Å²) in [6, 6.07) is 3.36. The van der Waals surface area contributed by atoms with Gasteiger partial charge in [-0.05, 0) is 28.1 Å². The number of halogens is 1. The first-order chi connectivity index (χ1) is 6.59. The van der Waals surface area contributed by atoms with Gasteiger partial charge in [0.15, 0.2) is 5.95 Å². The van der Waals surface area contributed by atoms with Gasteiger partial charge in [0.05, 0.1) is 5.52 Å². The number of imidazole rings is 1. The van der Waals surface area contributed by atoms with Gasteiger partial charge in [-0.15, -0.1) is 0 Å². The third-order valence-electron chi connectivity index (χ3n) is 1.84. The Morgan fingerprint density at radius 3 is 2.93 bits per heavy atom. The number of aromatic carboxylic acids is 1. The molecule has 2 rings (SSSR count). The van der Waals surface area contributed by atoms with Crippen LogP contribution in [0.5, 0.6) is 0 Å². The standard InChI is InChI=1S/C8H6BrN3O2/c9-3-1-2-4-6(5(3)7(13)14)12-8(10)11-4/h1-2H,(H,13,14)(H3,10,11,12). The molecule has 2 aromatic rings. The van der Waals surface area contributed by atoms with Crippen LogP contribution >= 0.6 is 15.9 Å². The number of aromatic nitrogens is 2. The molecule has 0 amide bonds. The van der Waals surface area contributed by atoms with Crippen molar-refractivity contribution in [1.29, 1.82) is 0 Å². The molecule has 0 fully saturated rings. The predicted molar refractivity (Wildman–Crippen MR) is 55.2 cm³/mol. The largest absolute Gasteiger partial charge is 0.478 e. The molecule has 1 aromatic heterocycles. The zero-order valence-corrected chi connectivity index (χ0v) is 8.50. The number of anilines is 1. The van der Waals surface area contributed by atoms with Gasteiger partial charge in [-0.2, -0.15) is 0 Å². The molecule has 0 aliphatic carbocycles. The number of nitrogens with two attached hydrogens (primary N) is 1. The van der Waals surface area contributed by atoms with Crippen molar-refractivity contribution in [2.24, 2.45) is 0 Å².